The van der Waals surface area contributed by atoms with E-state index in [2.05, 4.69) is 21.2 Å². The van der Waals surface area contributed by atoms with E-state index in [1.54, 1.807) is 19.2 Å². The summed E-state index contributed by atoms with van der Waals surface area (Å²) in [5.74, 6) is 1.28. The largest absolute Gasteiger partial charge is 0.486 e. The van der Waals surface area contributed by atoms with Gasteiger partial charge in [0, 0.05) is 16.6 Å². The van der Waals surface area contributed by atoms with Gasteiger partial charge in [-0.1, -0.05) is 15.9 Å². The molecule has 0 aromatic heterocycles. The third-order valence-electron chi connectivity index (χ3n) is 2.38. The number of alkyl halides is 1. The van der Waals surface area contributed by atoms with Gasteiger partial charge in [-0.3, -0.25) is 0 Å². The predicted octanol–water partition coefficient (Wildman–Crippen LogP) is 2.45. The molecule has 0 radical (unpaired) electrons. The Labute approximate surface area is 102 Å². The quantitative estimate of drug-likeness (QED) is 0.927. The minimum absolute atomic E-state index is 0.276. The molecule has 0 fully saturated rings. The van der Waals surface area contributed by atoms with Crippen LogP contribution in [-0.4, -0.2) is 26.8 Å². The van der Waals surface area contributed by atoms with E-state index in [-0.39, 0.29) is 6.54 Å². The Morgan fingerprint density at radius 2 is 2.00 bits per heavy atom. The fourth-order valence-corrected chi connectivity index (χ4v) is 2.18. The number of likely N-dealkylation sites (N-methyl/N-ethyl adjacent to an activating group) is 1. The molecule has 1 aromatic rings. The van der Waals surface area contributed by atoms with Crippen LogP contribution in [0.15, 0.2) is 16.6 Å². The number of hydrogen-bond donors (Lipinski definition) is 1. The van der Waals surface area contributed by atoms with Gasteiger partial charge in [-0.05, 0) is 19.2 Å². The van der Waals surface area contributed by atoms with E-state index in [1.807, 2.05) is 0 Å². The fraction of sp³-hybridized carbons (Fsp3) is 0.455. The van der Waals surface area contributed by atoms with Crippen LogP contribution in [0.5, 0.6) is 11.5 Å². The molecule has 1 heterocycles. The predicted molar refractivity (Wildman–Crippen MR) is 62.9 cm³/mol. The number of ether oxygens (including phenoxy) is 2. The van der Waals surface area contributed by atoms with Gasteiger partial charge in [-0.2, -0.15) is 0 Å². The summed E-state index contributed by atoms with van der Waals surface area (Å²) in [5, 5.41) is 2.81. The zero-order valence-corrected chi connectivity index (χ0v) is 10.5. The van der Waals surface area contributed by atoms with Crippen molar-refractivity contribution < 1.29 is 13.9 Å². The van der Waals surface area contributed by atoms with E-state index < -0.39 is 6.17 Å². The maximum atomic E-state index is 13.8. The van der Waals surface area contributed by atoms with Gasteiger partial charge in [0.2, 0.25) is 0 Å². The van der Waals surface area contributed by atoms with Crippen LogP contribution in [0.2, 0.25) is 0 Å². The first-order chi connectivity index (χ1) is 7.72. The number of rotatable bonds is 3. The van der Waals surface area contributed by atoms with Crippen LogP contribution in [0.3, 0.4) is 0 Å². The molecule has 0 saturated carbocycles. The highest BCUT2D eigenvalue weighted by Crippen LogP contribution is 2.38. The second kappa shape index (κ2) is 5.01. The van der Waals surface area contributed by atoms with Gasteiger partial charge in [0.1, 0.15) is 19.4 Å². The molecule has 0 bridgehead atoms. The van der Waals surface area contributed by atoms with Gasteiger partial charge >= 0.3 is 0 Å². The van der Waals surface area contributed by atoms with Crippen molar-refractivity contribution in [3.63, 3.8) is 0 Å². The van der Waals surface area contributed by atoms with Crippen molar-refractivity contribution in [3.8, 4) is 11.5 Å². The standard InChI is InChI=1S/C11H13BrFNO2/c1-14-6-9(13)7-4-10-11(5-8(7)12)16-3-2-15-10/h4-5,9,14H,2-3,6H2,1H3. The number of nitrogens with one attached hydrogen (secondary N) is 1. The number of benzene rings is 1. The molecule has 1 aliphatic rings. The highest BCUT2D eigenvalue weighted by molar-refractivity contribution is 9.10. The first kappa shape index (κ1) is 11.7. The molecule has 5 heteroatoms. The second-order valence-electron chi connectivity index (χ2n) is 3.54. The maximum Gasteiger partial charge on any atom is 0.162 e. The van der Waals surface area contributed by atoms with Crippen LogP contribution in [-0.2, 0) is 0 Å². The zero-order valence-electron chi connectivity index (χ0n) is 8.93. The van der Waals surface area contributed by atoms with Crippen LogP contribution < -0.4 is 14.8 Å². The summed E-state index contributed by atoms with van der Waals surface area (Å²) in [6.45, 7) is 1.32. The summed E-state index contributed by atoms with van der Waals surface area (Å²) in [6, 6.07) is 3.45. The molecule has 1 aromatic carbocycles. The van der Waals surface area contributed by atoms with E-state index in [9.17, 15) is 4.39 Å². The molecule has 88 valence electrons. The van der Waals surface area contributed by atoms with Crippen molar-refractivity contribution in [1.82, 2.24) is 5.32 Å². The maximum absolute atomic E-state index is 13.8. The monoisotopic (exact) mass is 289 g/mol. The number of halogens is 2. The second-order valence-corrected chi connectivity index (χ2v) is 4.40. The van der Waals surface area contributed by atoms with Crippen molar-refractivity contribution in [2.45, 2.75) is 6.17 Å². The molecule has 0 amide bonds. The van der Waals surface area contributed by atoms with Crippen molar-refractivity contribution in [2.24, 2.45) is 0 Å². The number of hydrogen-bond acceptors (Lipinski definition) is 3. The highest BCUT2D eigenvalue weighted by atomic mass is 79.9. The highest BCUT2D eigenvalue weighted by Gasteiger charge is 2.19. The molecule has 1 unspecified atom stereocenters. The Morgan fingerprint density at radius 3 is 2.62 bits per heavy atom. The van der Waals surface area contributed by atoms with Gasteiger partial charge < -0.3 is 14.8 Å². The summed E-state index contributed by atoms with van der Waals surface area (Å²) >= 11 is 3.34. The van der Waals surface area contributed by atoms with Gasteiger partial charge in [-0.15, -0.1) is 0 Å². The van der Waals surface area contributed by atoms with Crippen molar-refractivity contribution in [1.29, 1.82) is 0 Å². The first-order valence-corrected chi connectivity index (χ1v) is 5.89. The number of fused-ring (bicyclic) bond motifs is 1. The molecule has 16 heavy (non-hydrogen) atoms. The lowest BCUT2D eigenvalue weighted by Gasteiger charge is -2.20. The summed E-state index contributed by atoms with van der Waals surface area (Å²) in [7, 11) is 1.72. The van der Waals surface area contributed by atoms with Crippen LogP contribution in [0, 0.1) is 0 Å². The van der Waals surface area contributed by atoms with E-state index in [4.69, 9.17) is 9.47 Å². The SMILES string of the molecule is CNCC(F)c1cc2c(cc1Br)OCCO2. The molecule has 0 spiro atoms. The van der Waals surface area contributed by atoms with Crippen molar-refractivity contribution in [3.05, 3.63) is 22.2 Å². The van der Waals surface area contributed by atoms with Crippen LogP contribution in [0.25, 0.3) is 0 Å². The van der Waals surface area contributed by atoms with Crippen LogP contribution >= 0.6 is 15.9 Å². The Kier molecular flexibility index (Phi) is 3.66. The van der Waals surface area contributed by atoms with E-state index in [0.717, 1.165) is 0 Å². The third kappa shape index (κ3) is 2.30. The molecule has 1 aliphatic heterocycles. The van der Waals surface area contributed by atoms with Crippen LogP contribution in [0.4, 0.5) is 4.39 Å². The molecule has 0 saturated heterocycles. The lowest BCUT2D eigenvalue weighted by Crippen LogP contribution is -2.17. The Bertz CT molecular complexity index is 386. The summed E-state index contributed by atoms with van der Waals surface area (Å²) in [5.41, 5.74) is 0.582. The zero-order chi connectivity index (χ0) is 11.5. The van der Waals surface area contributed by atoms with Crippen molar-refractivity contribution in [2.75, 3.05) is 26.8 Å². The lowest BCUT2D eigenvalue weighted by atomic mass is 10.1. The average molecular weight is 290 g/mol. The fourth-order valence-electron chi connectivity index (χ4n) is 1.61. The Morgan fingerprint density at radius 1 is 1.38 bits per heavy atom. The molecule has 3 nitrogen and oxygen atoms in total. The summed E-state index contributed by atoms with van der Waals surface area (Å²) in [4.78, 5) is 0. The minimum atomic E-state index is -1.06. The molecule has 2 rings (SSSR count). The minimum Gasteiger partial charge on any atom is -0.486 e. The molecular weight excluding hydrogens is 277 g/mol. The van der Waals surface area contributed by atoms with Gasteiger partial charge in [0.15, 0.2) is 11.5 Å². The lowest BCUT2D eigenvalue weighted by molar-refractivity contribution is 0.170. The van der Waals surface area contributed by atoms with Crippen LogP contribution in [0.1, 0.15) is 11.7 Å². The average Bonchev–Trinajstić information content (AvgIpc) is 2.28. The van der Waals surface area contributed by atoms with Gasteiger partial charge in [0.05, 0.1) is 0 Å². The normalized spacial score (nSPS) is 15.9. The first-order valence-electron chi connectivity index (χ1n) is 5.10. The van der Waals surface area contributed by atoms with E-state index >= 15 is 0 Å². The molecule has 0 aliphatic carbocycles. The summed E-state index contributed by atoms with van der Waals surface area (Å²) in [6.07, 6.45) is -1.06. The third-order valence-corrected chi connectivity index (χ3v) is 3.07. The van der Waals surface area contributed by atoms with E-state index in [0.29, 0.717) is 34.7 Å². The van der Waals surface area contributed by atoms with Gasteiger partial charge in [0.25, 0.3) is 0 Å². The Hall–Kier alpha value is -0.810. The van der Waals surface area contributed by atoms with Gasteiger partial charge in [-0.25, -0.2) is 4.39 Å². The topological polar surface area (TPSA) is 30.5 Å². The van der Waals surface area contributed by atoms with Crippen molar-refractivity contribution >= 4 is 15.9 Å². The van der Waals surface area contributed by atoms with E-state index in [1.165, 1.54) is 0 Å². The Balaban J connectivity index is 2.31. The molecule has 1 atom stereocenters. The summed E-state index contributed by atoms with van der Waals surface area (Å²) < 4.78 is 25.3. The molecular formula is C11H13BrFNO2. The molecule has 1 N–H and O–H groups in total. The smallest absolute Gasteiger partial charge is 0.162 e.